The Kier molecular flexibility index (Phi) is 5.12. The molecule has 184 valence electrons. The van der Waals surface area contributed by atoms with E-state index in [0.29, 0.717) is 41.4 Å². The summed E-state index contributed by atoms with van der Waals surface area (Å²) >= 11 is 0. The van der Waals surface area contributed by atoms with Crippen molar-refractivity contribution in [3.8, 4) is 0 Å². The Bertz CT molecular complexity index is 771. The van der Waals surface area contributed by atoms with Crippen LogP contribution in [0.5, 0.6) is 0 Å². The molecular weight excluding hydrogens is 396 g/mol. The Labute approximate surface area is 197 Å². The highest BCUT2D eigenvalue weighted by atomic mass is 16.3. The lowest BCUT2D eigenvalue weighted by atomic mass is 9.41. The molecule has 11 atom stereocenters. The van der Waals surface area contributed by atoms with Crippen LogP contribution in [0.1, 0.15) is 79.1 Å². The number of aliphatic hydroxyl groups excluding tert-OH is 2. The van der Waals surface area contributed by atoms with Crippen LogP contribution in [-0.4, -0.2) is 73.0 Å². The Morgan fingerprint density at radius 1 is 0.875 bits per heavy atom. The second-order valence-electron chi connectivity index (χ2n) is 14.2. The Balaban J connectivity index is 1.51. The van der Waals surface area contributed by atoms with Crippen molar-refractivity contribution in [1.29, 1.82) is 0 Å². The van der Waals surface area contributed by atoms with Crippen molar-refractivity contribution in [3.05, 3.63) is 0 Å². The first-order valence-corrected chi connectivity index (χ1v) is 13.5. The van der Waals surface area contributed by atoms with Crippen molar-refractivity contribution in [2.24, 2.45) is 44.8 Å². The van der Waals surface area contributed by atoms with Gasteiger partial charge in [-0.25, -0.2) is 0 Å². The number of fused-ring (bicyclic) bond motifs is 2. The fraction of sp³-hybridized carbons (Fsp3) is 1.00. The van der Waals surface area contributed by atoms with Crippen LogP contribution < -0.4 is 0 Å². The number of rotatable bonds is 4. The predicted molar refractivity (Wildman–Crippen MR) is 130 cm³/mol. The molecule has 5 aliphatic carbocycles. The molecular formula is C28H50N2O2. The SMILES string of the molecule is C[C@H]([C@H]1[C@H](O)C[C@@]2(C)[C@@H]3CCC4[C@@]5(CC[C@H](N(C)C)[C@@]4(C)CO)C[C@@]35CC[C@]12C)N(C)C. The molecule has 5 aliphatic rings. The summed E-state index contributed by atoms with van der Waals surface area (Å²) in [5.41, 5.74) is 1.36. The van der Waals surface area contributed by atoms with E-state index in [-0.39, 0.29) is 22.3 Å². The van der Waals surface area contributed by atoms with Gasteiger partial charge in [0.05, 0.1) is 12.7 Å². The normalized spacial score (nSPS) is 57.6. The second kappa shape index (κ2) is 6.95. The molecule has 0 saturated heterocycles. The summed E-state index contributed by atoms with van der Waals surface area (Å²) in [6.45, 7) is 10.2. The Morgan fingerprint density at radius 2 is 1.50 bits per heavy atom. The van der Waals surface area contributed by atoms with Gasteiger partial charge in [-0.2, -0.15) is 0 Å². The van der Waals surface area contributed by atoms with Crippen LogP contribution >= 0.6 is 0 Å². The van der Waals surface area contributed by atoms with E-state index in [0.717, 1.165) is 12.3 Å². The fourth-order valence-electron chi connectivity index (χ4n) is 11.5. The molecule has 0 aliphatic heterocycles. The first-order valence-electron chi connectivity index (χ1n) is 13.5. The van der Waals surface area contributed by atoms with Crippen molar-refractivity contribution < 1.29 is 10.2 Å². The summed E-state index contributed by atoms with van der Waals surface area (Å²) in [6.07, 6.45) is 9.94. The third-order valence-corrected chi connectivity index (χ3v) is 13.2. The molecule has 0 aromatic heterocycles. The highest BCUT2D eigenvalue weighted by molar-refractivity contribution is 5.31. The topological polar surface area (TPSA) is 46.9 Å². The number of aliphatic hydroxyl groups is 2. The zero-order valence-electron chi connectivity index (χ0n) is 22.1. The maximum atomic E-state index is 11.4. The average molecular weight is 447 g/mol. The number of nitrogens with zero attached hydrogens (tertiary/aromatic N) is 2. The number of hydrogen-bond donors (Lipinski definition) is 2. The van der Waals surface area contributed by atoms with E-state index in [1.165, 1.54) is 44.9 Å². The van der Waals surface area contributed by atoms with E-state index < -0.39 is 0 Å². The summed E-state index contributed by atoms with van der Waals surface area (Å²) in [7, 11) is 8.79. The van der Waals surface area contributed by atoms with Crippen LogP contribution in [0.3, 0.4) is 0 Å². The fourth-order valence-corrected chi connectivity index (χ4v) is 11.5. The van der Waals surface area contributed by atoms with Crippen LogP contribution in [0.25, 0.3) is 0 Å². The van der Waals surface area contributed by atoms with Crippen molar-refractivity contribution in [2.45, 2.75) is 97.2 Å². The minimum Gasteiger partial charge on any atom is -0.396 e. The Hall–Kier alpha value is -0.160. The minimum atomic E-state index is -0.183. The molecule has 0 aromatic rings. The van der Waals surface area contributed by atoms with Crippen LogP contribution in [0.4, 0.5) is 0 Å². The molecule has 32 heavy (non-hydrogen) atoms. The van der Waals surface area contributed by atoms with Gasteiger partial charge in [-0.3, -0.25) is 0 Å². The van der Waals surface area contributed by atoms with E-state index in [9.17, 15) is 10.2 Å². The second-order valence-corrected chi connectivity index (χ2v) is 14.2. The largest absolute Gasteiger partial charge is 0.396 e. The van der Waals surface area contributed by atoms with Gasteiger partial charge in [0.2, 0.25) is 0 Å². The van der Waals surface area contributed by atoms with E-state index in [2.05, 4.69) is 65.7 Å². The first-order chi connectivity index (χ1) is 14.8. The highest BCUT2D eigenvalue weighted by Crippen LogP contribution is 2.89. The highest BCUT2D eigenvalue weighted by Gasteiger charge is 2.83. The molecule has 4 nitrogen and oxygen atoms in total. The zero-order chi connectivity index (χ0) is 23.5. The van der Waals surface area contributed by atoms with Crippen LogP contribution in [0, 0.1) is 44.8 Å². The molecule has 2 N–H and O–H groups in total. The molecule has 0 aromatic carbocycles. The molecule has 4 heteroatoms. The third kappa shape index (κ3) is 2.49. The maximum Gasteiger partial charge on any atom is 0.0594 e. The van der Waals surface area contributed by atoms with Gasteiger partial charge in [0.1, 0.15) is 0 Å². The monoisotopic (exact) mass is 446 g/mol. The molecule has 5 saturated carbocycles. The molecule has 1 unspecified atom stereocenters. The van der Waals surface area contributed by atoms with E-state index >= 15 is 0 Å². The van der Waals surface area contributed by atoms with Crippen LogP contribution in [0.15, 0.2) is 0 Å². The van der Waals surface area contributed by atoms with Crippen LogP contribution in [-0.2, 0) is 0 Å². The Morgan fingerprint density at radius 3 is 2.09 bits per heavy atom. The van der Waals surface area contributed by atoms with Gasteiger partial charge in [0.15, 0.2) is 0 Å². The smallest absolute Gasteiger partial charge is 0.0594 e. The molecule has 2 spiro atoms. The molecule has 5 rings (SSSR count). The molecule has 0 heterocycles. The van der Waals surface area contributed by atoms with Gasteiger partial charge in [0.25, 0.3) is 0 Å². The quantitative estimate of drug-likeness (QED) is 0.678. The summed E-state index contributed by atoms with van der Waals surface area (Å²) in [5, 5.41) is 22.1. The standard InChI is InChI=1S/C28H50N2O2/c1-18(29(5)6)23-19(32)15-26(4)21-10-9-20-24(2,17-31)22(30(7)8)11-12-27(20)16-28(21,27)14-13-25(23,26)3/h18-23,31-32H,9-17H2,1-8H3/t18-,19-,20?,21+,22+,23+,24+,25-,26+,27-,28+/m1/s1. The summed E-state index contributed by atoms with van der Waals surface area (Å²) < 4.78 is 0. The average Bonchev–Trinajstić information content (AvgIpc) is 3.32. The molecule has 5 fully saturated rings. The lowest BCUT2D eigenvalue weighted by molar-refractivity contribution is -0.162. The first kappa shape index (κ1) is 23.6. The lowest BCUT2D eigenvalue weighted by Crippen LogP contribution is -2.61. The molecule has 0 amide bonds. The van der Waals surface area contributed by atoms with E-state index in [4.69, 9.17) is 0 Å². The van der Waals surface area contributed by atoms with Crippen LogP contribution in [0.2, 0.25) is 0 Å². The summed E-state index contributed by atoms with van der Waals surface area (Å²) in [6, 6.07) is 0.893. The third-order valence-electron chi connectivity index (χ3n) is 13.2. The van der Waals surface area contributed by atoms with E-state index in [1.54, 1.807) is 0 Å². The van der Waals surface area contributed by atoms with Crippen molar-refractivity contribution in [3.63, 3.8) is 0 Å². The predicted octanol–water partition coefficient (Wildman–Crippen LogP) is 4.25. The summed E-state index contributed by atoms with van der Waals surface area (Å²) in [5.74, 6) is 1.74. The van der Waals surface area contributed by atoms with Gasteiger partial charge in [0, 0.05) is 23.4 Å². The minimum absolute atomic E-state index is 0.00897. The maximum absolute atomic E-state index is 11.4. The van der Waals surface area contributed by atoms with Gasteiger partial charge in [-0.15, -0.1) is 0 Å². The van der Waals surface area contributed by atoms with E-state index in [1.807, 2.05) is 0 Å². The number of hydrogen-bond acceptors (Lipinski definition) is 4. The van der Waals surface area contributed by atoms with Gasteiger partial charge >= 0.3 is 0 Å². The van der Waals surface area contributed by atoms with Crippen molar-refractivity contribution >= 4 is 0 Å². The van der Waals surface area contributed by atoms with Gasteiger partial charge in [-0.05, 0) is 120 Å². The summed E-state index contributed by atoms with van der Waals surface area (Å²) in [4.78, 5) is 4.73. The van der Waals surface area contributed by atoms with Gasteiger partial charge in [-0.1, -0.05) is 20.8 Å². The van der Waals surface area contributed by atoms with Crippen molar-refractivity contribution in [1.82, 2.24) is 9.80 Å². The van der Waals surface area contributed by atoms with Gasteiger partial charge < -0.3 is 20.0 Å². The molecule has 0 radical (unpaired) electrons. The lowest BCUT2D eigenvalue weighted by Gasteiger charge is -2.64. The molecule has 0 bridgehead atoms. The zero-order valence-corrected chi connectivity index (χ0v) is 22.1. The van der Waals surface area contributed by atoms with Crippen molar-refractivity contribution in [2.75, 3.05) is 34.8 Å².